The summed E-state index contributed by atoms with van der Waals surface area (Å²) >= 11 is 12.1. The molecule has 0 aliphatic heterocycles. The van der Waals surface area contributed by atoms with Gasteiger partial charge in [0.05, 0.1) is 18.1 Å². The summed E-state index contributed by atoms with van der Waals surface area (Å²) in [6, 6.07) is 10.5. The number of nitrogens with zero attached hydrogens (tertiary/aromatic N) is 1. The predicted octanol–water partition coefficient (Wildman–Crippen LogP) is 3.76. The zero-order chi connectivity index (χ0) is 19.4. The van der Waals surface area contributed by atoms with Gasteiger partial charge in [0.25, 0.3) is 0 Å². The van der Waals surface area contributed by atoms with E-state index >= 15 is 0 Å². The molecule has 3 N–H and O–H groups in total. The summed E-state index contributed by atoms with van der Waals surface area (Å²) in [6.45, 7) is -0.210. The Kier molecular flexibility index (Phi) is 5.83. The second kappa shape index (κ2) is 8.28. The number of halogens is 2. The summed E-state index contributed by atoms with van der Waals surface area (Å²) in [5.41, 5.74) is 2.98. The van der Waals surface area contributed by atoms with E-state index in [1.165, 1.54) is 7.11 Å². The fraction of sp³-hybridized carbons (Fsp3) is 0.167. The van der Waals surface area contributed by atoms with Crippen molar-refractivity contribution in [3.8, 4) is 0 Å². The maximum atomic E-state index is 12.0. The van der Waals surface area contributed by atoms with E-state index in [4.69, 9.17) is 23.2 Å². The molecule has 9 heteroatoms. The van der Waals surface area contributed by atoms with Crippen molar-refractivity contribution in [3.63, 3.8) is 0 Å². The number of hydrogen-bond acceptors (Lipinski definition) is 4. The molecule has 0 saturated heterocycles. The molecule has 3 rings (SSSR count). The molecule has 2 aromatic carbocycles. The molecular weight excluding hydrogens is 391 g/mol. The van der Waals surface area contributed by atoms with Gasteiger partial charge in [0, 0.05) is 22.2 Å². The first-order chi connectivity index (χ1) is 12.9. The number of imidazole rings is 1. The first-order valence-electron chi connectivity index (χ1n) is 7.99. The summed E-state index contributed by atoms with van der Waals surface area (Å²) in [4.78, 5) is 30.9. The number of aromatic amines is 1. The number of amides is 2. The topological polar surface area (TPSA) is 96.1 Å². The third kappa shape index (κ3) is 4.90. The van der Waals surface area contributed by atoms with Crippen molar-refractivity contribution in [1.82, 2.24) is 15.3 Å². The summed E-state index contributed by atoms with van der Waals surface area (Å²) in [5, 5.41) is 6.23. The molecule has 140 valence electrons. The number of aromatic nitrogens is 2. The third-order valence-corrected chi connectivity index (χ3v) is 4.24. The summed E-state index contributed by atoms with van der Waals surface area (Å²) in [7, 11) is 1.23. The van der Waals surface area contributed by atoms with Gasteiger partial charge >= 0.3 is 6.09 Å². The quantitative estimate of drug-likeness (QED) is 0.600. The lowest BCUT2D eigenvalue weighted by Gasteiger charge is -2.11. The van der Waals surface area contributed by atoms with E-state index in [1.807, 2.05) is 6.07 Å². The van der Waals surface area contributed by atoms with E-state index in [2.05, 4.69) is 25.3 Å². The molecule has 0 unspecified atom stereocenters. The third-order valence-electron chi connectivity index (χ3n) is 3.77. The van der Waals surface area contributed by atoms with Gasteiger partial charge in [-0.1, -0.05) is 23.2 Å². The van der Waals surface area contributed by atoms with Crippen LogP contribution in [0.1, 0.15) is 11.4 Å². The van der Waals surface area contributed by atoms with Crippen LogP contribution in [0.25, 0.3) is 11.0 Å². The molecule has 0 aliphatic rings. The molecule has 2 amide bonds. The van der Waals surface area contributed by atoms with E-state index in [9.17, 15) is 9.59 Å². The Labute approximate surface area is 165 Å². The predicted molar refractivity (Wildman–Crippen MR) is 104 cm³/mol. The maximum Gasteiger partial charge on any atom is 0.407 e. The molecule has 0 spiro atoms. The normalized spacial score (nSPS) is 10.6. The number of benzene rings is 2. The summed E-state index contributed by atoms with van der Waals surface area (Å²) in [6.07, 6.45) is -0.255. The van der Waals surface area contributed by atoms with Gasteiger partial charge in [0.2, 0.25) is 5.91 Å². The lowest BCUT2D eigenvalue weighted by atomic mass is 10.1. The van der Waals surface area contributed by atoms with Crippen LogP contribution in [0.15, 0.2) is 36.4 Å². The average molecular weight is 407 g/mol. The molecule has 1 heterocycles. The van der Waals surface area contributed by atoms with Gasteiger partial charge < -0.3 is 20.4 Å². The number of anilines is 1. The number of methoxy groups -OCH3 is 1. The fourth-order valence-corrected chi connectivity index (χ4v) is 2.92. The second-order valence-electron chi connectivity index (χ2n) is 5.72. The number of nitrogens with one attached hydrogen (secondary N) is 3. The number of hydrogen-bond donors (Lipinski definition) is 3. The highest BCUT2D eigenvalue weighted by molar-refractivity contribution is 6.31. The van der Waals surface area contributed by atoms with Gasteiger partial charge in [-0.15, -0.1) is 0 Å². The zero-order valence-corrected chi connectivity index (χ0v) is 15.8. The monoisotopic (exact) mass is 406 g/mol. The molecule has 0 bridgehead atoms. The first-order valence-corrected chi connectivity index (χ1v) is 8.74. The minimum atomic E-state index is -0.678. The van der Waals surface area contributed by atoms with E-state index < -0.39 is 6.09 Å². The standard InChI is InChI=1S/C18H16Cl2N4O3/c1-27-18(26)21-9-17(25)24-13-4-2-11(19)6-10(13)7-16-22-14-5-3-12(20)8-15(14)23-16/h2-6,8H,7,9H2,1H3,(H,21,26)(H,22,23)(H,24,25). The highest BCUT2D eigenvalue weighted by Gasteiger charge is 2.12. The first kappa shape index (κ1) is 19.0. The molecule has 1 aromatic heterocycles. The number of fused-ring (bicyclic) bond motifs is 1. The molecule has 0 radical (unpaired) electrons. The van der Waals surface area contributed by atoms with Crippen LogP contribution >= 0.6 is 23.2 Å². The van der Waals surface area contributed by atoms with Crippen LogP contribution in [-0.2, 0) is 16.0 Å². The van der Waals surface area contributed by atoms with E-state index in [1.54, 1.807) is 30.3 Å². The van der Waals surface area contributed by atoms with Crippen molar-refractivity contribution in [2.24, 2.45) is 0 Å². The smallest absolute Gasteiger partial charge is 0.407 e. The highest BCUT2D eigenvalue weighted by atomic mass is 35.5. The lowest BCUT2D eigenvalue weighted by molar-refractivity contribution is -0.115. The van der Waals surface area contributed by atoms with E-state index in [0.29, 0.717) is 28.0 Å². The maximum absolute atomic E-state index is 12.0. The molecule has 0 aliphatic carbocycles. The van der Waals surface area contributed by atoms with Crippen LogP contribution < -0.4 is 10.6 Å². The molecule has 3 aromatic rings. The van der Waals surface area contributed by atoms with Crippen molar-refractivity contribution < 1.29 is 14.3 Å². The number of H-pyrrole nitrogens is 1. The number of carbonyl (C=O) groups is 2. The van der Waals surface area contributed by atoms with Gasteiger partial charge in [0.15, 0.2) is 0 Å². The van der Waals surface area contributed by atoms with Crippen molar-refractivity contribution in [2.75, 3.05) is 19.0 Å². The Hall–Kier alpha value is -2.77. The largest absolute Gasteiger partial charge is 0.453 e. The lowest BCUT2D eigenvalue weighted by Crippen LogP contribution is -2.32. The van der Waals surface area contributed by atoms with Crippen molar-refractivity contribution in [1.29, 1.82) is 0 Å². The average Bonchev–Trinajstić information content (AvgIpc) is 3.03. The Bertz CT molecular complexity index is 1000. The SMILES string of the molecule is COC(=O)NCC(=O)Nc1ccc(Cl)cc1Cc1nc2ccc(Cl)cc2[nH]1. The molecule has 0 saturated carbocycles. The van der Waals surface area contributed by atoms with Crippen molar-refractivity contribution in [2.45, 2.75) is 6.42 Å². The number of ether oxygens (including phenoxy) is 1. The van der Waals surface area contributed by atoms with Crippen molar-refractivity contribution in [3.05, 3.63) is 57.8 Å². The van der Waals surface area contributed by atoms with Crippen LogP contribution in [0.3, 0.4) is 0 Å². The molecule has 0 fully saturated rings. The van der Waals surface area contributed by atoms with Crippen molar-refractivity contribution >= 4 is 51.9 Å². The molecule has 0 atom stereocenters. The summed E-state index contributed by atoms with van der Waals surface area (Å²) < 4.78 is 4.44. The molecular formula is C18H16Cl2N4O3. The van der Waals surface area contributed by atoms with Crippen LogP contribution in [0.2, 0.25) is 10.0 Å². The van der Waals surface area contributed by atoms with Gasteiger partial charge in [-0.2, -0.15) is 0 Å². The van der Waals surface area contributed by atoms with Crippen LogP contribution in [0.5, 0.6) is 0 Å². The summed E-state index contributed by atoms with van der Waals surface area (Å²) in [5.74, 6) is 0.318. The molecule has 7 nitrogen and oxygen atoms in total. The Morgan fingerprint density at radius 1 is 1.15 bits per heavy atom. The van der Waals surface area contributed by atoms with Gasteiger partial charge in [-0.05, 0) is 42.0 Å². The minimum Gasteiger partial charge on any atom is -0.453 e. The van der Waals surface area contributed by atoms with E-state index in [0.717, 1.165) is 16.6 Å². The zero-order valence-electron chi connectivity index (χ0n) is 14.3. The van der Waals surface area contributed by atoms with Gasteiger partial charge in [-0.25, -0.2) is 9.78 Å². The Balaban J connectivity index is 1.78. The van der Waals surface area contributed by atoms with E-state index in [-0.39, 0.29) is 12.5 Å². The van der Waals surface area contributed by atoms with Gasteiger partial charge in [0.1, 0.15) is 12.4 Å². The Morgan fingerprint density at radius 3 is 2.67 bits per heavy atom. The fourth-order valence-electron chi connectivity index (χ4n) is 2.55. The molecule has 27 heavy (non-hydrogen) atoms. The number of carbonyl (C=O) groups excluding carboxylic acids is 2. The minimum absolute atomic E-state index is 0.210. The van der Waals surface area contributed by atoms with Gasteiger partial charge in [-0.3, -0.25) is 4.79 Å². The van der Waals surface area contributed by atoms with Crippen LogP contribution in [0.4, 0.5) is 10.5 Å². The highest BCUT2D eigenvalue weighted by Crippen LogP contribution is 2.24. The number of rotatable bonds is 5. The Morgan fingerprint density at radius 2 is 1.89 bits per heavy atom. The number of alkyl carbamates (subject to hydrolysis) is 1. The second-order valence-corrected chi connectivity index (χ2v) is 6.59. The van der Waals surface area contributed by atoms with Crippen LogP contribution in [-0.4, -0.2) is 35.6 Å². The van der Waals surface area contributed by atoms with Crippen LogP contribution in [0, 0.1) is 0 Å².